The highest BCUT2D eigenvalue weighted by molar-refractivity contribution is 5.25. The second-order valence-electron chi connectivity index (χ2n) is 4.74. The Kier molecular flexibility index (Phi) is 5.17. The van der Waals surface area contributed by atoms with Crippen LogP contribution in [0.5, 0.6) is 0 Å². The molecule has 0 radical (unpaired) electrons. The Hall–Kier alpha value is -0.900. The third kappa shape index (κ3) is 3.55. The molecule has 1 saturated heterocycles. The fourth-order valence-electron chi connectivity index (χ4n) is 2.36. The lowest BCUT2D eigenvalue weighted by molar-refractivity contribution is -0.0526. The molecule has 0 bridgehead atoms. The normalized spacial score (nSPS) is 18.1. The van der Waals surface area contributed by atoms with E-state index in [2.05, 4.69) is 36.5 Å². The summed E-state index contributed by atoms with van der Waals surface area (Å²) in [6, 6.07) is 9.16. The Balaban J connectivity index is 1.97. The van der Waals surface area contributed by atoms with Crippen LogP contribution in [0.2, 0.25) is 0 Å². The van der Waals surface area contributed by atoms with Crippen molar-refractivity contribution in [1.29, 1.82) is 0 Å². The number of rotatable bonds is 6. The molecule has 1 unspecified atom stereocenters. The van der Waals surface area contributed by atoms with Gasteiger partial charge < -0.3 is 14.8 Å². The van der Waals surface area contributed by atoms with Crippen LogP contribution in [0.4, 0.5) is 0 Å². The fourth-order valence-corrected chi connectivity index (χ4v) is 2.36. The predicted molar refractivity (Wildman–Crippen MR) is 72.5 cm³/mol. The Morgan fingerprint density at radius 1 is 1.22 bits per heavy atom. The van der Waals surface area contributed by atoms with E-state index in [-0.39, 0.29) is 6.29 Å². The van der Waals surface area contributed by atoms with Crippen molar-refractivity contribution in [2.75, 3.05) is 20.3 Å². The van der Waals surface area contributed by atoms with Crippen molar-refractivity contribution in [1.82, 2.24) is 5.32 Å². The van der Waals surface area contributed by atoms with Gasteiger partial charge in [-0.1, -0.05) is 37.6 Å². The van der Waals surface area contributed by atoms with E-state index in [0.717, 1.165) is 26.1 Å². The van der Waals surface area contributed by atoms with Gasteiger partial charge in [0.1, 0.15) is 0 Å². The topological polar surface area (TPSA) is 30.5 Å². The molecule has 3 nitrogen and oxygen atoms in total. The third-order valence-corrected chi connectivity index (χ3v) is 3.39. The number of hydrogen-bond acceptors (Lipinski definition) is 3. The van der Waals surface area contributed by atoms with Crippen molar-refractivity contribution in [2.45, 2.75) is 38.5 Å². The average Bonchev–Trinajstić information content (AvgIpc) is 2.90. The molecule has 0 aliphatic carbocycles. The highest BCUT2D eigenvalue weighted by Crippen LogP contribution is 2.22. The van der Waals surface area contributed by atoms with Crippen LogP contribution < -0.4 is 5.32 Å². The van der Waals surface area contributed by atoms with Crippen molar-refractivity contribution in [3.8, 4) is 0 Å². The molecule has 2 rings (SSSR count). The number of nitrogens with one attached hydrogen (secondary N) is 1. The maximum absolute atomic E-state index is 5.51. The van der Waals surface area contributed by atoms with Gasteiger partial charge in [0.25, 0.3) is 0 Å². The molecular weight excluding hydrogens is 226 g/mol. The smallest absolute Gasteiger partial charge is 0.159 e. The second kappa shape index (κ2) is 6.88. The van der Waals surface area contributed by atoms with Gasteiger partial charge in [-0.15, -0.1) is 0 Å². The predicted octanol–water partition coefficient (Wildman–Crippen LogP) is 2.66. The molecule has 1 N–H and O–H groups in total. The highest BCUT2D eigenvalue weighted by Gasteiger charge is 2.21. The van der Waals surface area contributed by atoms with Gasteiger partial charge in [-0.2, -0.15) is 0 Å². The zero-order valence-electron chi connectivity index (χ0n) is 11.3. The van der Waals surface area contributed by atoms with Crippen LogP contribution in [0.1, 0.15) is 36.9 Å². The molecule has 0 aromatic heterocycles. The summed E-state index contributed by atoms with van der Waals surface area (Å²) in [7, 11) is 1.99. The number of benzene rings is 1. The van der Waals surface area contributed by atoms with Gasteiger partial charge in [0, 0.05) is 12.5 Å². The zero-order valence-corrected chi connectivity index (χ0v) is 11.3. The first-order chi connectivity index (χ1) is 8.83. The summed E-state index contributed by atoms with van der Waals surface area (Å²) in [4.78, 5) is 0. The summed E-state index contributed by atoms with van der Waals surface area (Å²) < 4.78 is 11.0. The van der Waals surface area contributed by atoms with Crippen LogP contribution >= 0.6 is 0 Å². The Morgan fingerprint density at radius 2 is 1.89 bits per heavy atom. The van der Waals surface area contributed by atoms with Crippen molar-refractivity contribution in [2.24, 2.45) is 0 Å². The summed E-state index contributed by atoms with van der Waals surface area (Å²) >= 11 is 0. The van der Waals surface area contributed by atoms with Crippen molar-refractivity contribution in [3.63, 3.8) is 0 Å². The molecule has 1 aliphatic heterocycles. The van der Waals surface area contributed by atoms with E-state index >= 15 is 0 Å². The molecule has 100 valence electrons. The zero-order chi connectivity index (χ0) is 12.8. The lowest BCUT2D eigenvalue weighted by atomic mass is 10.0. The van der Waals surface area contributed by atoms with E-state index in [1.165, 1.54) is 17.5 Å². The molecule has 1 aliphatic rings. The van der Waals surface area contributed by atoms with Gasteiger partial charge in [0.15, 0.2) is 6.29 Å². The molecule has 0 saturated carbocycles. The average molecular weight is 249 g/mol. The minimum absolute atomic E-state index is 0.0576. The maximum Gasteiger partial charge on any atom is 0.159 e. The SMILES string of the molecule is CCCc1ccc(C(CC2OCCO2)NC)cc1. The summed E-state index contributed by atoms with van der Waals surface area (Å²) in [6.45, 7) is 3.65. The van der Waals surface area contributed by atoms with Gasteiger partial charge in [-0.25, -0.2) is 0 Å². The third-order valence-electron chi connectivity index (χ3n) is 3.39. The Labute approximate surface area is 109 Å². The highest BCUT2D eigenvalue weighted by atomic mass is 16.7. The van der Waals surface area contributed by atoms with E-state index in [1.807, 2.05) is 7.05 Å². The quantitative estimate of drug-likeness (QED) is 0.840. The lowest BCUT2D eigenvalue weighted by Gasteiger charge is -2.20. The molecule has 3 heteroatoms. The van der Waals surface area contributed by atoms with Crippen molar-refractivity contribution in [3.05, 3.63) is 35.4 Å². The first-order valence-corrected chi connectivity index (χ1v) is 6.82. The molecule has 0 spiro atoms. The largest absolute Gasteiger partial charge is 0.350 e. The standard InChI is InChI=1S/C15H23NO2/c1-3-4-12-5-7-13(8-6-12)14(16-2)11-15-17-9-10-18-15/h5-8,14-16H,3-4,9-11H2,1-2H3. The van der Waals surface area contributed by atoms with Gasteiger partial charge in [0.2, 0.25) is 0 Å². The number of hydrogen-bond donors (Lipinski definition) is 1. The van der Waals surface area contributed by atoms with Crippen LogP contribution in [0.25, 0.3) is 0 Å². The molecule has 0 amide bonds. The van der Waals surface area contributed by atoms with Crippen LogP contribution in [0, 0.1) is 0 Å². The second-order valence-corrected chi connectivity index (χ2v) is 4.74. The van der Waals surface area contributed by atoms with E-state index in [4.69, 9.17) is 9.47 Å². The summed E-state index contributed by atoms with van der Waals surface area (Å²) in [5.74, 6) is 0. The van der Waals surface area contributed by atoms with Crippen molar-refractivity contribution >= 4 is 0 Å². The Morgan fingerprint density at radius 3 is 2.44 bits per heavy atom. The monoisotopic (exact) mass is 249 g/mol. The number of ether oxygens (including phenoxy) is 2. The molecule has 1 fully saturated rings. The Bertz CT molecular complexity index is 344. The van der Waals surface area contributed by atoms with E-state index in [1.54, 1.807) is 0 Å². The van der Waals surface area contributed by atoms with Gasteiger partial charge in [-0.3, -0.25) is 0 Å². The lowest BCUT2D eigenvalue weighted by Crippen LogP contribution is -2.23. The summed E-state index contributed by atoms with van der Waals surface area (Å²) in [6.07, 6.45) is 3.15. The molecule has 18 heavy (non-hydrogen) atoms. The first kappa shape index (κ1) is 13.5. The minimum Gasteiger partial charge on any atom is -0.350 e. The maximum atomic E-state index is 5.51. The summed E-state index contributed by atoms with van der Waals surface area (Å²) in [5.41, 5.74) is 2.71. The summed E-state index contributed by atoms with van der Waals surface area (Å²) in [5, 5.41) is 3.34. The molecule has 1 aromatic rings. The van der Waals surface area contributed by atoms with Gasteiger partial charge >= 0.3 is 0 Å². The van der Waals surface area contributed by atoms with Gasteiger partial charge in [0.05, 0.1) is 13.2 Å². The number of aryl methyl sites for hydroxylation is 1. The van der Waals surface area contributed by atoms with Gasteiger partial charge in [-0.05, 0) is 24.6 Å². The molecular formula is C15H23NO2. The molecule has 1 heterocycles. The first-order valence-electron chi connectivity index (χ1n) is 6.82. The van der Waals surface area contributed by atoms with E-state index in [0.29, 0.717) is 6.04 Å². The van der Waals surface area contributed by atoms with Crippen LogP contribution in [-0.2, 0) is 15.9 Å². The fraction of sp³-hybridized carbons (Fsp3) is 0.600. The molecule has 1 aromatic carbocycles. The molecule has 1 atom stereocenters. The van der Waals surface area contributed by atoms with Crippen molar-refractivity contribution < 1.29 is 9.47 Å². The van der Waals surface area contributed by atoms with E-state index in [9.17, 15) is 0 Å². The van der Waals surface area contributed by atoms with E-state index < -0.39 is 0 Å². The van der Waals surface area contributed by atoms with Crippen LogP contribution in [-0.4, -0.2) is 26.6 Å². The van der Waals surface area contributed by atoms with Crippen LogP contribution in [0.3, 0.4) is 0 Å². The minimum atomic E-state index is -0.0576. The van der Waals surface area contributed by atoms with Crippen LogP contribution in [0.15, 0.2) is 24.3 Å².